The van der Waals surface area contributed by atoms with E-state index in [4.69, 9.17) is 0 Å². The molecule has 3 heteroatoms. The highest BCUT2D eigenvalue weighted by Gasteiger charge is 2.12. The van der Waals surface area contributed by atoms with Gasteiger partial charge in [-0.1, -0.05) is 39.7 Å². The summed E-state index contributed by atoms with van der Waals surface area (Å²) in [6, 6.07) is 13.3. The maximum atomic E-state index is 13.7. The number of alkyl halides is 1. The molecule has 2 rings (SSSR count). The van der Waals surface area contributed by atoms with Crippen molar-refractivity contribution in [2.45, 2.75) is 12.3 Å². The molecule has 0 bridgehead atoms. The predicted octanol–water partition coefficient (Wildman–Crippen LogP) is 4.80. The Morgan fingerprint density at radius 2 is 1.78 bits per heavy atom. The largest absolute Gasteiger partial charge is 0.344 e. The van der Waals surface area contributed by atoms with E-state index in [2.05, 4.69) is 35.0 Å². The molecule has 0 fully saturated rings. The first kappa shape index (κ1) is 13.1. The van der Waals surface area contributed by atoms with E-state index in [1.54, 1.807) is 6.07 Å². The van der Waals surface area contributed by atoms with Gasteiger partial charge in [0.1, 0.15) is 5.82 Å². The van der Waals surface area contributed by atoms with E-state index in [1.165, 1.54) is 11.6 Å². The summed E-state index contributed by atoms with van der Waals surface area (Å²) in [5.41, 5.74) is 3.83. The van der Waals surface area contributed by atoms with Crippen molar-refractivity contribution in [1.82, 2.24) is 0 Å². The molecule has 0 heterocycles. The van der Waals surface area contributed by atoms with Gasteiger partial charge in [0.25, 0.3) is 0 Å². The molecule has 0 radical (unpaired) electrons. The summed E-state index contributed by atoms with van der Waals surface area (Å²) in [6.07, 6.45) is 0. The molecule has 94 valence electrons. The topological polar surface area (TPSA) is 3.24 Å². The van der Waals surface area contributed by atoms with Gasteiger partial charge in [0, 0.05) is 29.3 Å². The Bertz CT molecular complexity index is 537. The van der Waals surface area contributed by atoms with Crippen molar-refractivity contribution in [3.8, 4) is 0 Å². The van der Waals surface area contributed by atoms with E-state index >= 15 is 0 Å². The minimum absolute atomic E-state index is 0.177. The summed E-state index contributed by atoms with van der Waals surface area (Å²) in [7, 11) is 1.95. The van der Waals surface area contributed by atoms with Gasteiger partial charge in [-0.2, -0.15) is 0 Å². The zero-order chi connectivity index (χ0) is 13.1. The zero-order valence-corrected chi connectivity index (χ0v) is 12.0. The molecule has 0 atom stereocenters. The molecule has 0 N–H and O–H groups in total. The highest BCUT2D eigenvalue weighted by atomic mass is 79.9. The van der Waals surface area contributed by atoms with Gasteiger partial charge in [0.2, 0.25) is 0 Å². The molecule has 0 aromatic heterocycles. The van der Waals surface area contributed by atoms with Crippen LogP contribution in [-0.4, -0.2) is 7.05 Å². The highest BCUT2D eigenvalue weighted by molar-refractivity contribution is 9.08. The van der Waals surface area contributed by atoms with Crippen LogP contribution in [0.5, 0.6) is 0 Å². The molecule has 2 aromatic rings. The maximum Gasteiger partial charge on any atom is 0.129 e. The Labute approximate surface area is 115 Å². The first-order chi connectivity index (χ1) is 8.63. The smallest absolute Gasteiger partial charge is 0.129 e. The second kappa shape index (κ2) is 5.53. The fourth-order valence-corrected chi connectivity index (χ4v) is 2.46. The Hall–Kier alpha value is -1.35. The molecule has 0 saturated heterocycles. The van der Waals surface area contributed by atoms with Crippen molar-refractivity contribution in [3.63, 3.8) is 0 Å². The highest BCUT2D eigenvalue weighted by Crippen LogP contribution is 2.30. The van der Waals surface area contributed by atoms with Crippen LogP contribution in [0.15, 0.2) is 42.5 Å². The molecule has 0 unspecified atom stereocenters. The summed E-state index contributed by atoms with van der Waals surface area (Å²) < 4.78 is 13.7. The third-order valence-electron chi connectivity index (χ3n) is 3.01. The van der Waals surface area contributed by atoms with Crippen LogP contribution in [0.1, 0.15) is 11.1 Å². The second-order valence-electron chi connectivity index (χ2n) is 4.27. The average Bonchev–Trinajstić information content (AvgIpc) is 2.38. The van der Waals surface area contributed by atoms with Crippen LogP contribution in [0.2, 0.25) is 0 Å². The minimum atomic E-state index is -0.177. The zero-order valence-electron chi connectivity index (χ0n) is 10.5. The van der Waals surface area contributed by atoms with E-state index in [-0.39, 0.29) is 5.82 Å². The van der Waals surface area contributed by atoms with E-state index in [9.17, 15) is 4.39 Å². The van der Waals surface area contributed by atoms with Crippen molar-refractivity contribution in [2.24, 2.45) is 0 Å². The minimum Gasteiger partial charge on any atom is -0.344 e. The molecule has 18 heavy (non-hydrogen) atoms. The number of halogens is 2. The first-order valence-electron chi connectivity index (χ1n) is 5.77. The van der Waals surface area contributed by atoms with Gasteiger partial charge >= 0.3 is 0 Å². The molecule has 2 aromatic carbocycles. The summed E-state index contributed by atoms with van der Waals surface area (Å²) in [5.74, 6) is -0.177. The second-order valence-corrected chi connectivity index (χ2v) is 4.83. The molecule has 0 aliphatic rings. The van der Waals surface area contributed by atoms with Gasteiger partial charge in [-0.15, -0.1) is 0 Å². The van der Waals surface area contributed by atoms with E-state index in [1.807, 2.05) is 30.1 Å². The van der Waals surface area contributed by atoms with E-state index in [0.717, 1.165) is 11.4 Å². The number of hydrogen-bond acceptors (Lipinski definition) is 1. The van der Waals surface area contributed by atoms with Crippen LogP contribution in [0, 0.1) is 12.7 Å². The Morgan fingerprint density at radius 1 is 1.11 bits per heavy atom. The molecule has 0 aliphatic heterocycles. The number of benzene rings is 2. The van der Waals surface area contributed by atoms with Crippen LogP contribution < -0.4 is 4.90 Å². The lowest BCUT2D eigenvalue weighted by molar-refractivity contribution is 0.618. The quantitative estimate of drug-likeness (QED) is 0.736. The Morgan fingerprint density at radius 3 is 2.39 bits per heavy atom. The maximum absolute atomic E-state index is 13.7. The van der Waals surface area contributed by atoms with E-state index in [0.29, 0.717) is 10.9 Å². The number of anilines is 2. The number of aryl methyl sites for hydroxylation is 1. The Balaban J connectivity index is 2.42. The van der Waals surface area contributed by atoms with E-state index < -0.39 is 0 Å². The van der Waals surface area contributed by atoms with Crippen molar-refractivity contribution in [1.29, 1.82) is 0 Å². The lowest BCUT2D eigenvalue weighted by Crippen LogP contribution is -2.12. The van der Waals surface area contributed by atoms with Gasteiger partial charge < -0.3 is 4.90 Å². The molecular weight excluding hydrogens is 293 g/mol. The van der Waals surface area contributed by atoms with Crippen LogP contribution in [0.25, 0.3) is 0 Å². The summed E-state index contributed by atoms with van der Waals surface area (Å²) in [6.45, 7) is 2.05. The fourth-order valence-electron chi connectivity index (χ4n) is 1.90. The summed E-state index contributed by atoms with van der Waals surface area (Å²) in [4.78, 5) is 2.00. The lowest BCUT2D eigenvalue weighted by Gasteiger charge is -2.22. The van der Waals surface area contributed by atoms with Gasteiger partial charge in [0.05, 0.1) is 0 Å². The standard InChI is InChI=1S/C15H15BrFN/c1-11-6-8-12(9-7-11)18(2)15-5-3-4-14(17)13(15)10-16/h3-9H,10H2,1-2H3. The van der Waals surface area contributed by atoms with Gasteiger partial charge in [-0.3, -0.25) is 0 Å². The van der Waals surface area contributed by atoms with Crippen molar-refractivity contribution >= 4 is 27.3 Å². The SMILES string of the molecule is Cc1ccc(N(C)c2cccc(F)c2CBr)cc1. The summed E-state index contributed by atoms with van der Waals surface area (Å²) in [5, 5.41) is 0.505. The monoisotopic (exact) mass is 307 g/mol. The third kappa shape index (κ3) is 2.56. The number of nitrogens with zero attached hydrogens (tertiary/aromatic N) is 1. The predicted molar refractivity (Wildman–Crippen MR) is 78.3 cm³/mol. The molecule has 0 saturated carbocycles. The van der Waals surface area contributed by atoms with Gasteiger partial charge in [-0.05, 0) is 31.2 Å². The molecule has 1 nitrogen and oxygen atoms in total. The number of hydrogen-bond donors (Lipinski definition) is 0. The van der Waals surface area contributed by atoms with Crippen LogP contribution in [-0.2, 0) is 5.33 Å². The van der Waals surface area contributed by atoms with Crippen molar-refractivity contribution < 1.29 is 4.39 Å². The lowest BCUT2D eigenvalue weighted by atomic mass is 10.1. The molecular formula is C15H15BrFN. The normalized spacial score (nSPS) is 10.4. The first-order valence-corrected chi connectivity index (χ1v) is 6.89. The molecule has 0 aliphatic carbocycles. The van der Waals surface area contributed by atoms with Gasteiger partial charge in [0.15, 0.2) is 0 Å². The Kier molecular flexibility index (Phi) is 4.02. The summed E-state index contributed by atoms with van der Waals surface area (Å²) >= 11 is 3.34. The average molecular weight is 308 g/mol. The molecule has 0 spiro atoms. The third-order valence-corrected chi connectivity index (χ3v) is 3.57. The fraction of sp³-hybridized carbons (Fsp3) is 0.200. The van der Waals surface area contributed by atoms with Crippen LogP contribution >= 0.6 is 15.9 Å². The van der Waals surface area contributed by atoms with Crippen LogP contribution in [0.4, 0.5) is 15.8 Å². The van der Waals surface area contributed by atoms with Gasteiger partial charge in [-0.25, -0.2) is 4.39 Å². The number of rotatable bonds is 3. The van der Waals surface area contributed by atoms with Crippen molar-refractivity contribution in [3.05, 3.63) is 59.4 Å². The van der Waals surface area contributed by atoms with Crippen molar-refractivity contribution in [2.75, 3.05) is 11.9 Å². The van der Waals surface area contributed by atoms with Crippen LogP contribution in [0.3, 0.4) is 0 Å². The molecule has 0 amide bonds.